The number of urea groups is 1. The Hall–Kier alpha value is -3.80. The molecule has 0 spiro atoms. The number of nitriles is 1. The third kappa shape index (κ3) is 4.70. The highest BCUT2D eigenvalue weighted by Crippen LogP contribution is 2.37. The first kappa shape index (κ1) is 23.9. The summed E-state index contributed by atoms with van der Waals surface area (Å²) >= 11 is 0. The number of likely N-dealkylation sites (N-methyl/N-ethyl adjacent to an activating group) is 1. The Morgan fingerprint density at radius 3 is 2.33 bits per heavy atom. The maximum atomic E-state index is 13.4. The molecule has 9 heteroatoms. The summed E-state index contributed by atoms with van der Waals surface area (Å²) in [6.07, 6.45) is -4.58. The maximum Gasteiger partial charge on any atom is 0.416 e. The molecule has 1 atom stereocenters. The number of carbonyl (C=O) groups is 2. The molecule has 3 rings (SSSR count). The zero-order chi connectivity index (χ0) is 24.3. The van der Waals surface area contributed by atoms with Gasteiger partial charge in [-0.15, -0.1) is 0 Å². The van der Waals surface area contributed by atoms with Gasteiger partial charge in [0.2, 0.25) is 0 Å². The Kier molecular flexibility index (Phi) is 6.77. The van der Waals surface area contributed by atoms with E-state index in [4.69, 9.17) is 5.26 Å². The summed E-state index contributed by atoms with van der Waals surface area (Å²) in [5.74, 6) is -0.330. The van der Waals surface area contributed by atoms with Crippen LogP contribution in [0.15, 0.2) is 59.8 Å². The van der Waals surface area contributed by atoms with Crippen molar-refractivity contribution in [3.8, 4) is 6.07 Å². The lowest BCUT2D eigenvalue weighted by atomic mass is 9.93. The second-order valence-electron chi connectivity index (χ2n) is 7.48. The zero-order valence-electron chi connectivity index (χ0n) is 18.4. The molecule has 6 nitrogen and oxygen atoms in total. The van der Waals surface area contributed by atoms with Crippen LogP contribution in [0.25, 0.3) is 0 Å². The van der Waals surface area contributed by atoms with Crippen LogP contribution in [-0.2, 0) is 11.0 Å². The second-order valence-corrected chi connectivity index (χ2v) is 7.48. The molecule has 172 valence electrons. The molecule has 0 saturated carbocycles. The third-order valence-electron chi connectivity index (χ3n) is 5.57. The van der Waals surface area contributed by atoms with Crippen molar-refractivity contribution < 1.29 is 22.8 Å². The number of hydrogen-bond donors (Lipinski definition) is 1. The summed E-state index contributed by atoms with van der Waals surface area (Å²) in [6, 6.07) is 11.4. The van der Waals surface area contributed by atoms with E-state index in [0.29, 0.717) is 24.2 Å². The van der Waals surface area contributed by atoms with Crippen molar-refractivity contribution in [1.29, 1.82) is 5.26 Å². The van der Waals surface area contributed by atoms with Gasteiger partial charge in [-0.1, -0.05) is 18.2 Å². The second kappa shape index (κ2) is 9.36. The molecule has 1 aliphatic heterocycles. The molecular formula is C24H23F3N4O2. The fourth-order valence-corrected chi connectivity index (χ4v) is 3.83. The molecule has 0 saturated heterocycles. The fraction of sp³-hybridized carbons (Fsp3) is 0.292. The van der Waals surface area contributed by atoms with Crippen molar-refractivity contribution in [1.82, 2.24) is 10.2 Å². The summed E-state index contributed by atoms with van der Waals surface area (Å²) in [4.78, 5) is 29.2. The molecule has 2 aromatic rings. The SMILES string of the molecule is CCN(CC)C(=O)C1=C(C)N(c2cccc(C(F)(F)F)c2)C(=O)NC1c1ccc(C#N)cc1. The minimum Gasteiger partial charge on any atom is -0.339 e. The van der Waals surface area contributed by atoms with Crippen LogP contribution >= 0.6 is 0 Å². The maximum absolute atomic E-state index is 13.4. The van der Waals surface area contributed by atoms with E-state index >= 15 is 0 Å². The number of anilines is 1. The Morgan fingerprint density at radius 2 is 1.79 bits per heavy atom. The number of hydrogen-bond acceptors (Lipinski definition) is 3. The van der Waals surface area contributed by atoms with Crippen molar-refractivity contribution in [3.63, 3.8) is 0 Å². The van der Waals surface area contributed by atoms with E-state index in [1.807, 2.05) is 19.9 Å². The molecule has 1 N–H and O–H groups in total. The quantitative estimate of drug-likeness (QED) is 0.689. The zero-order valence-corrected chi connectivity index (χ0v) is 18.4. The topological polar surface area (TPSA) is 76.4 Å². The standard InChI is InChI=1S/C24H23F3N4O2/c1-4-30(5-2)22(32)20-15(3)31(19-8-6-7-18(13-19)24(25,26)27)23(33)29-21(20)17-11-9-16(14-28)10-12-17/h6-13,21H,4-5H2,1-3H3,(H,29,33). The van der Waals surface area contributed by atoms with E-state index in [-0.39, 0.29) is 22.9 Å². The number of benzene rings is 2. The van der Waals surface area contributed by atoms with E-state index < -0.39 is 23.8 Å². The Labute approximate surface area is 189 Å². The molecule has 1 unspecified atom stereocenters. The molecule has 0 aromatic heterocycles. The molecule has 0 fully saturated rings. The fourth-order valence-electron chi connectivity index (χ4n) is 3.83. The van der Waals surface area contributed by atoms with Crippen LogP contribution < -0.4 is 10.2 Å². The van der Waals surface area contributed by atoms with E-state index in [1.54, 1.807) is 36.1 Å². The minimum absolute atomic E-state index is 0.00273. The van der Waals surface area contributed by atoms with Gasteiger partial charge in [0, 0.05) is 18.8 Å². The summed E-state index contributed by atoms with van der Waals surface area (Å²) in [5.41, 5.74) is 0.601. The average molecular weight is 456 g/mol. The van der Waals surface area contributed by atoms with Gasteiger partial charge < -0.3 is 10.2 Å². The number of alkyl halides is 3. The number of halogens is 3. The molecule has 3 amide bonds. The predicted octanol–water partition coefficient (Wildman–Crippen LogP) is 4.99. The average Bonchev–Trinajstić information content (AvgIpc) is 2.79. The Morgan fingerprint density at radius 1 is 1.15 bits per heavy atom. The van der Waals surface area contributed by atoms with Crippen molar-refractivity contribution in [2.75, 3.05) is 18.0 Å². The van der Waals surface area contributed by atoms with E-state index in [0.717, 1.165) is 17.0 Å². The summed E-state index contributed by atoms with van der Waals surface area (Å²) in [7, 11) is 0. The van der Waals surface area contributed by atoms with Gasteiger partial charge in [0.15, 0.2) is 0 Å². The third-order valence-corrected chi connectivity index (χ3v) is 5.57. The van der Waals surface area contributed by atoms with Crippen LogP contribution in [0.3, 0.4) is 0 Å². The first-order chi connectivity index (χ1) is 15.6. The highest BCUT2D eigenvalue weighted by molar-refractivity contribution is 6.04. The van der Waals surface area contributed by atoms with Crippen LogP contribution in [-0.4, -0.2) is 29.9 Å². The van der Waals surface area contributed by atoms with Gasteiger partial charge >= 0.3 is 12.2 Å². The molecule has 33 heavy (non-hydrogen) atoms. The van der Waals surface area contributed by atoms with Gasteiger partial charge in [0.05, 0.1) is 34.5 Å². The lowest BCUT2D eigenvalue weighted by molar-refractivity contribution is -0.137. The van der Waals surface area contributed by atoms with Gasteiger partial charge in [-0.3, -0.25) is 9.69 Å². The highest BCUT2D eigenvalue weighted by Gasteiger charge is 2.38. The van der Waals surface area contributed by atoms with Gasteiger partial charge in [0.1, 0.15) is 0 Å². The van der Waals surface area contributed by atoms with Gasteiger partial charge in [-0.05, 0) is 56.7 Å². The van der Waals surface area contributed by atoms with Crippen molar-refractivity contribution in [3.05, 3.63) is 76.5 Å². The predicted molar refractivity (Wildman–Crippen MR) is 117 cm³/mol. The monoisotopic (exact) mass is 456 g/mol. The molecule has 0 radical (unpaired) electrons. The van der Waals surface area contributed by atoms with Gasteiger partial charge in [-0.2, -0.15) is 18.4 Å². The molecule has 0 bridgehead atoms. The molecular weight excluding hydrogens is 433 g/mol. The van der Waals surface area contributed by atoms with E-state index in [9.17, 15) is 22.8 Å². The normalized spacial score (nSPS) is 16.3. The smallest absolute Gasteiger partial charge is 0.339 e. The Bertz CT molecular complexity index is 1130. The van der Waals surface area contributed by atoms with Crippen molar-refractivity contribution in [2.45, 2.75) is 33.0 Å². The summed E-state index contributed by atoms with van der Waals surface area (Å²) in [5, 5.41) is 11.8. The van der Waals surface area contributed by atoms with Crippen molar-refractivity contribution >= 4 is 17.6 Å². The van der Waals surface area contributed by atoms with E-state index in [2.05, 4.69) is 5.32 Å². The van der Waals surface area contributed by atoms with Gasteiger partial charge in [0.25, 0.3) is 5.91 Å². The lowest BCUT2D eigenvalue weighted by Gasteiger charge is -2.37. The number of amides is 3. The number of allylic oxidation sites excluding steroid dienone is 1. The van der Waals surface area contributed by atoms with Crippen molar-refractivity contribution in [2.24, 2.45) is 0 Å². The molecule has 1 heterocycles. The van der Waals surface area contributed by atoms with Crippen LogP contribution in [0.4, 0.5) is 23.7 Å². The minimum atomic E-state index is -4.58. The number of rotatable bonds is 5. The number of nitrogens with zero attached hydrogens (tertiary/aromatic N) is 3. The molecule has 0 aliphatic carbocycles. The first-order valence-corrected chi connectivity index (χ1v) is 10.4. The highest BCUT2D eigenvalue weighted by atomic mass is 19.4. The summed E-state index contributed by atoms with van der Waals surface area (Å²) in [6.45, 7) is 6.03. The Balaban J connectivity index is 2.18. The largest absolute Gasteiger partial charge is 0.416 e. The number of carbonyl (C=O) groups excluding carboxylic acids is 2. The summed E-state index contributed by atoms with van der Waals surface area (Å²) < 4.78 is 39.8. The van der Waals surface area contributed by atoms with Crippen LogP contribution in [0.2, 0.25) is 0 Å². The van der Waals surface area contributed by atoms with Crippen LogP contribution in [0.1, 0.15) is 43.5 Å². The molecule has 2 aromatic carbocycles. The number of nitrogens with one attached hydrogen (secondary N) is 1. The van der Waals surface area contributed by atoms with E-state index in [1.165, 1.54) is 12.1 Å². The first-order valence-electron chi connectivity index (χ1n) is 10.4. The molecule has 1 aliphatic rings. The lowest BCUT2D eigenvalue weighted by Crippen LogP contribution is -2.50. The van der Waals surface area contributed by atoms with Crippen LogP contribution in [0, 0.1) is 11.3 Å². The van der Waals surface area contributed by atoms with Gasteiger partial charge in [-0.25, -0.2) is 4.79 Å². The van der Waals surface area contributed by atoms with Crippen LogP contribution in [0.5, 0.6) is 0 Å².